The molecule has 0 aromatic carbocycles. The number of hydrogen-bond donors (Lipinski definition) is 2. The number of hydrogen-bond acceptors (Lipinski definition) is 2. The molecule has 2 nitrogen and oxygen atoms in total. The number of nitrogens with one attached hydrogen (secondary N) is 1. The highest BCUT2D eigenvalue weighted by Gasteiger charge is 2.07. The second-order valence-corrected chi connectivity index (χ2v) is 3.32. The first-order valence-electron chi connectivity index (χ1n) is 3.29. The van der Waals surface area contributed by atoms with Gasteiger partial charge in [0.05, 0.1) is 3.72 Å². The zero-order valence-electron chi connectivity index (χ0n) is 6.32. The molecule has 3 heteroatoms. The highest BCUT2D eigenvalue weighted by Crippen LogP contribution is 2.16. The average Bonchev–Trinajstić information content (AvgIpc) is 1.88. The van der Waals surface area contributed by atoms with Crippen molar-refractivity contribution in [3.63, 3.8) is 0 Å². The fourth-order valence-electron chi connectivity index (χ4n) is 0.674. The Morgan fingerprint density at radius 3 is 2.40 bits per heavy atom. The lowest BCUT2D eigenvalue weighted by Gasteiger charge is -2.09. The van der Waals surface area contributed by atoms with Crippen molar-refractivity contribution in [2.75, 3.05) is 0 Å². The summed E-state index contributed by atoms with van der Waals surface area (Å²) in [4.78, 5) is 0. The molecule has 0 amide bonds. The second kappa shape index (κ2) is 4.71. The van der Waals surface area contributed by atoms with Crippen LogP contribution in [0.2, 0.25) is 0 Å². The van der Waals surface area contributed by atoms with Gasteiger partial charge in [-0.05, 0) is 41.1 Å². The molecule has 0 aliphatic heterocycles. The van der Waals surface area contributed by atoms with Crippen molar-refractivity contribution in [1.82, 2.24) is 0 Å². The van der Waals surface area contributed by atoms with Crippen molar-refractivity contribution < 1.29 is 0 Å². The summed E-state index contributed by atoms with van der Waals surface area (Å²) >= 11 is 1.98. The molecule has 0 radical (unpaired) electrons. The van der Waals surface area contributed by atoms with Crippen LogP contribution in [0.4, 0.5) is 0 Å². The van der Waals surface area contributed by atoms with Crippen LogP contribution in [0.15, 0.2) is 11.8 Å². The van der Waals surface area contributed by atoms with Gasteiger partial charge in [0, 0.05) is 5.57 Å². The zero-order valence-corrected chi connectivity index (χ0v) is 8.47. The normalized spacial score (nSPS) is 14.9. The van der Waals surface area contributed by atoms with Crippen molar-refractivity contribution in [2.24, 2.45) is 11.7 Å². The molecule has 1 atom stereocenters. The smallest absolute Gasteiger partial charge is 0.0968 e. The van der Waals surface area contributed by atoms with Gasteiger partial charge in [-0.15, -0.1) is 0 Å². The molecule has 1 unspecified atom stereocenters. The van der Waals surface area contributed by atoms with Crippen LogP contribution >= 0.6 is 22.6 Å². The van der Waals surface area contributed by atoms with Gasteiger partial charge in [-0.2, -0.15) is 0 Å². The Morgan fingerprint density at radius 2 is 2.30 bits per heavy atom. The van der Waals surface area contributed by atoms with Crippen molar-refractivity contribution in [2.45, 2.75) is 20.3 Å². The molecule has 0 rings (SSSR count). The third kappa shape index (κ3) is 2.68. The first-order valence-corrected chi connectivity index (χ1v) is 4.37. The summed E-state index contributed by atoms with van der Waals surface area (Å²) in [7, 11) is 0. The highest BCUT2D eigenvalue weighted by molar-refractivity contribution is 14.1. The standard InChI is InChI=1S/C7H13IN2/c1-3-5(2)6(4-9)7(8)10/h4-5,10H,3,9H2,1-2H3/b6-4-,10-7?. The van der Waals surface area contributed by atoms with Crippen molar-refractivity contribution in [1.29, 1.82) is 5.41 Å². The Morgan fingerprint density at radius 1 is 1.80 bits per heavy atom. The lowest BCUT2D eigenvalue weighted by molar-refractivity contribution is 0.678. The molecule has 0 saturated carbocycles. The quantitative estimate of drug-likeness (QED) is 0.587. The van der Waals surface area contributed by atoms with E-state index in [2.05, 4.69) is 13.8 Å². The third-order valence-electron chi connectivity index (χ3n) is 1.58. The van der Waals surface area contributed by atoms with E-state index in [9.17, 15) is 0 Å². The Balaban J connectivity index is 4.23. The maximum absolute atomic E-state index is 7.32. The summed E-state index contributed by atoms with van der Waals surface area (Å²) in [6, 6.07) is 0. The Kier molecular flexibility index (Phi) is 4.68. The lowest BCUT2D eigenvalue weighted by atomic mass is 10.0. The van der Waals surface area contributed by atoms with Crippen LogP contribution in [0.5, 0.6) is 0 Å². The molecule has 0 bridgehead atoms. The Hall–Kier alpha value is -0.0600. The monoisotopic (exact) mass is 252 g/mol. The van der Waals surface area contributed by atoms with Crippen LogP contribution in [0.25, 0.3) is 0 Å². The van der Waals surface area contributed by atoms with E-state index < -0.39 is 0 Å². The molecule has 0 aliphatic carbocycles. The summed E-state index contributed by atoms with van der Waals surface area (Å²) in [5.74, 6) is 0.411. The summed E-state index contributed by atoms with van der Waals surface area (Å²) in [5.41, 5.74) is 6.29. The molecule has 0 aromatic heterocycles. The zero-order chi connectivity index (χ0) is 8.15. The van der Waals surface area contributed by atoms with Gasteiger partial charge in [0.25, 0.3) is 0 Å². The predicted molar refractivity (Wildman–Crippen MR) is 53.5 cm³/mol. The van der Waals surface area contributed by atoms with E-state index in [0.29, 0.717) is 9.64 Å². The Labute approximate surface area is 75.5 Å². The predicted octanol–water partition coefficient (Wildman–Crippen LogP) is 2.29. The summed E-state index contributed by atoms with van der Waals surface area (Å²) in [6.45, 7) is 4.17. The van der Waals surface area contributed by atoms with Crippen LogP contribution < -0.4 is 5.73 Å². The molecular formula is C7H13IN2. The summed E-state index contributed by atoms with van der Waals surface area (Å²) in [5, 5.41) is 7.32. The third-order valence-corrected chi connectivity index (χ3v) is 2.20. The minimum Gasteiger partial charge on any atom is -0.404 e. The van der Waals surface area contributed by atoms with E-state index in [1.165, 1.54) is 6.20 Å². The molecule has 10 heavy (non-hydrogen) atoms. The van der Waals surface area contributed by atoms with Gasteiger partial charge >= 0.3 is 0 Å². The lowest BCUT2D eigenvalue weighted by Crippen LogP contribution is -2.05. The number of allylic oxidation sites excluding steroid dienone is 1. The van der Waals surface area contributed by atoms with Gasteiger partial charge in [0.2, 0.25) is 0 Å². The number of halogens is 1. The molecule has 0 aliphatic rings. The first kappa shape index (κ1) is 9.94. The molecule has 0 spiro atoms. The summed E-state index contributed by atoms with van der Waals surface area (Å²) in [6.07, 6.45) is 2.57. The van der Waals surface area contributed by atoms with E-state index in [0.717, 1.165) is 12.0 Å². The van der Waals surface area contributed by atoms with Crippen molar-refractivity contribution in [3.05, 3.63) is 11.8 Å². The van der Waals surface area contributed by atoms with E-state index in [1.54, 1.807) is 0 Å². The van der Waals surface area contributed by atoms with Gasteiger partial charge in [0.1, 0.15) is 0 Å². The molecule has 3 N–H and O–H groups in total. The van der Waals surface area contributed by atoms with Crippen LogP contribution in [0, 0.1) is 11.3 Å². The van der Waals surface area contributed by atoms with Gasteiger partial charge in [0.15, 0.2) is 0 Å². The maximum atomic E-state index is 7.32. The van der Waals surface area contributed by atoms with Crippen molar-refractivity contribution in [3.8, 4) is 0 Å². The van der Waals surface area contributed by atoms with Crippen LogP contribution in [0.1, 0.15) is 20.3 Å². The van der Waals surface area contributed by atoms with Gasteiger partial charge in [-0.3, -0.25) is 5.41 Å². The molecule has 0 saturated heterocycles. The minimum absolute atomic E-state index is 0.411. The fraction of sp³-hybridized carbons (Fsp3) is 0.571. The van der Waals surface area contributed by atoms with Crippen LogP contribution in [-0.2, 0) is 0 Å². The Bertz CT molecular complexity index is 152. The highest BCUT2D eigenvalue weighted by atomic mass is 127. The first-order chi connectivity index (χ1) is 4.63. The van der Waals surface area contributed by atoms with E-state index in [4.69, 9.17) is 11.1 Å². The van der Waals surface area contributed by atoms with E-state index in [-0.39, 0.29) is 0 Å². The molecule has 58 valence electrons. The van der Waals surface area contributed by atoms with Gasteiger partial charge < -0.3 is 5.73 Å². The maximum Gasteiger partial charge on any atom is 0.0968 e. The SMILES string of the molecule is CCC(C)/C(=C/N)C(=N)I. The fourth-order valence-corrected chi connectivity index (χ4v) is 1.39. The second-order valence-electron chi connectivity index (χ2n) is 2.25. The number of nitrogens with two attached hydrogens (primary N) is 1. The molecular weight excluding hydrogens is 239 g/mol. The molecule has 0 heterocycles. The average molecular weight is 252 g/mol. The topological polar surface area (TPSA) is 49.9 Å². The van der Waals surface area contributed by atoms with Crippen molar-refractivity contribution >= 4 is 26.3 Å². The van der Waals surface area contributed by atoms with Gasteiger partial charge in [-0.25, -0.2) is 0 Å². The largest absolute Gasteiger partial charge is 0.404 e. The van der Waals surface area contributed by atoms with E-state index in [1.807, 2.05) is 22.6 Å². The number of rotatable bonds is 3. The van der Waals surface area contributed by atoms with E-state index >= 15 is 0 Å². The van der Waals surface area contributed by atoms with Crippen LogP contribution in [0.3, 0.4) is 0 Å². The minimum atomic E-state index is 0.411. The summed E-state index contributed by atoms with van der Waals surface area (Å²) < 4.78 is 0.550. The van der Waals surface area contributed by atoms with Crippen LogP contribution in [-0.4, -0.2) is 3.72 Å². The molecule has 0 fully saturated rings. The molecule has 0 aromatic rings. The van der Waals surface area contributed by atoms with Gasteiger partial charge in [-0.1, -0.05) is 13.8 Å².